The summed E-state index contributed by atoms with van der Waals surface area (Å²) in [7, 11) is 0. The van der Waals surface area contributed by atoms with Gasteiger partial charge in [-0.3, -0.25) is 4.99 Å². The molecule has 2 rings (SSSR count). The molecule has 0 aliphatic carbocycles. The summed E-state index contributed by atoms with van der Waals surface area (Å²) < 4.78 is 4.99. The van der Waals surface area contributed by atoms with Crippen molar-refractivity contribution in [3.05, 3.63) is 41.5 Å². The first-order valence-corrected chi connectivity index (χ1v) is 6.06. The van der Waals surface area contributed by atoms with E-state index in [-0.39, 0.29) is 24.0 Å². The van der Waals surface area contributed by atoms with Gasteiger partial charge in [-0.15, -0.1) is 24.0 Å². The molecule has 0 aliphatic heterocycles. The number of nitrogens with one attached hydrogen (secondary N) is 1. The predicted molar refractivity (Wildman–Crippen MR) is 89.4 cm³/mol. The Kier molecular flexibility index (Phi) is 6.43. The van der Waals surface area contributed by atoms with Crippen molar-refractivity contribution >= 4 is 35.6 Å². The van der Waals surface area contributed by atoms with Crippen molar-refractivity contribution in [3.63, 3.8) is 0 Å². The van der Waals surface area contributed by atoms with E-state index in [0.717, 1.165) is 5.69 Å². The number of aliphatic imine (C=N–C) groups is 1. The van der Waals surface area contributed by atoms with E-state index >= 15 is 0 Å². The number of hydrogen-bond acceptors (Lipinski definition) is 4. The fourth-order valence-electron chi connectivity index (χ4n) is 1.62. The molecular formula is C13H18IN5O. The van der Waals surface area contributed by atoms with Gasteiger partial charge < -0.3 is 15.6 Å². The molecule has 1 aromatic carbocycles. The van der Waals surface area contributed by atoms with Gasteiger partial charge in [0, 0.05) is 12.1 Å². The molecule has 0 bridgehead atoms. The Labute approximate surface area is 134 Å². The summed E-state index contributed by atoms with van der Waals surface area (Å²) in [6.07, 6.45) is 0.580. The van der Waals surface area contributed by atoms with Crippen LogP contribution in [0.3, 0.4) is 0 Å². The van der Waals surface area contributed by atoms with Crippen LogP contribution in [0.4, 0.5) is 5.69 Å². The number of guanidine groups is 1. The number of nitrogens with zero attached hydrogens (tertiary/aromatic N) is 3. The molecule has 0 saturated carbocycles. The van der Waals surface area contributed by atoms with Crippen LogP contribution in [0.1, 0.15) is 17.3 Å². The lowest BCUT2D eigenvalue weighted by atomic mass is 10.2. The van der Waals surface area contributed by atoms with Gasteiger partial charge in [0.05, 0.1) is 6.54 Å². The summed E-state index contributed by atoms with van der Waals surface area (Å²) in [5.74, 6) is 1.58. The third kappa shape index (κ3) is 5.16. The minimum Gasteiger partial charge on any atom is -0.370 e. The van der Waals surface area contributed by atoms with Crippen LogP contribution < -0.4 is 11.1 Å². The van der Waals surface area contributed by atoms with Crippen molar-refractivity contribution in [2.45, 2.75) is 20.3 Å². The fraction of sp³-hybridized carbons (Fsp3) is 0.308. The second kappa shape index (κ2) is 7.83. The number of aromatic nitrogens is 2. The Morgan fingerprint density at radius 2 is 2.20 bits per heavy atom. The molecule has 0 saturated heterocycles. The Bertz CT molecular complexity index is 582. The molecule has 0 atom stereocenters. The van der Waals surface area contributed by atoms with Gasteiger partial charge in [-0.05, 0) is 31.5 Å². The lowest BCUT2D eigenvalue weighted by Gasteiger charge is -2.05. The van der Waals surface area contributed by atoms with E-state index in [2.05, 4.69) is 20.4 Å². The highest BCUT2D eigenvalue weighted by Crippen LogP contribution is 2.08. The molecular weight excluding hydrogens is 369 g/mol. The monoisotopic (exact) mass is 387 g/mol. The first kappa shape index (κ1) is 16.4. The minimum absolute atomic E-state index is 0. The van der Waals surface area contributed by atoms with Gasteiger partial charge >= 0.3 is 0 Å². The van der Waals surface area contributed by atoms with Gasteiger partial charge in [-0.1, -0.05) is 17.3 Å². The maximum atomic E-state index is 5.80. The Balaban J connectivity index is 0.00000200. The molecule has 6 nitrogen and oxygen atoms in total. The summed E-state index contributed by atoms with van der Waals surface area (Å²) >= 11 is 0. The lowest BCUT2D eigenvalue weighted by molar-refractivity contribution is 0.376. The van der Waals surface area contributed by atoms with Gasteiger partial charge in [-0.2, -0.15) is 4.98 Å². The van der Waals surface area contributed by atoms with Crippen LogP contribution in [0.15, 0.2) is 33.8 Å². The molecule has 1 heterocycles. The molecule has 1 aromatic heterocycles. The van der Waals surface area contributed by atoms with Crippen LogP contribution in [-0.2, 0) is 6.42 Å². The van der Waals surface area contributed by atoms with Gasteiger partial charge in [-0.25, -0.2) is 0 Å². The standard InChI is InChI=1S/C13H17N5O.HI/c1-9-4-3-5-11(8-9)17-13(14)15-7-6-12-16-10(2)18-19-12;/h3-5,8H,6-7H2,1-2H3,(H3,14,15,17);1H. The van der Waals surface area contributed by atoms with E-state index in [9.17, 15) is 0 Å². The fourth-order valence-corrected chi connectivity index (χ4v) is 1.62. The molecule has 0 spiro atoms. The van der Waals surface area contributed by atoms with Crippen LogP contribution in [0.25, 0.3) is 0 Å². The third-order valence-electron chi connectivity index (χ3n) is 2.47. The molecule has 2 aromatic rings. The maximum Gasteiger partial charge on any atom is 0.228 e. The zero-order chi connectivity index (χ0) is 13.7. The Morgan fingerprint density at radius 3 is 2.85 bits per heavy atom. The number of benzene rings is 1. The quantitative estimate of drug-likeness (QED) is 0.477. The van der Waals surface area contributed by atoms with Crippen molar-refractivity contribution in [1.29, 1.82) is 0 Å². The SMILES string of the molecule is Cc1cccc(NC(N)=NCCc2nc(C)no2)c1.I. The van der Waals surface area contributed by atoms with E-state index in [4.69, 9.17) is 10.3 Å². The highest BCUT2D eigenvalue weighted by atomic mass is 127. The summed E-state index contributed by atoms with van der Waals surface area (Å²) in [6, 6.07) is 7.93. The van der Waals surface area contributed by atoms with Crippen molar-refractivity contribution in [2.24, 2.45) is 10.7 Å². The molecule has 0 aliphatic rings. The highest BCUT2D eigenvalue weighted by Gasteiger charge is 2.01. The summed E-state index contributed by atoms with van der Waals surface area (Å²) in [5.41, 5.74) is 7.89. The Morgan fingerprint density at radius 1 is 1.40 bits per heavy atom. The molecule has 108 valence electrons. The molecule has 20 heavy (non-hydrogen) atoms. The number of hydrogen-bond donors (Lipinski definition) is 2. The predicted octanol–water partition coefficient (Wildman–Crippen LogP) is 2.27. The molecule has 0 fully saturated rings. The summed E-state index contributed by atoms with van der Waals surface area (Å²) in [5, 5.41) is 6.75. The van der Waals surface area contributed by atoms with Crippen LogP contribution in [0.5, 0.6) is 0 Å². The van der Waals surface area contributed by atoms with E-state index in [1.165, 1.54) is 5.56 Å². The number of anilines is 1. The van der Waals surface area contributed by atoms with E-state index < -0.39 is 0 Å². The normalized spacial score (nSPS) is 11.0. The zero-order valence-electron chi connectivity index (χ0n) is 11.5. The van der Waals surface area contributed by atoms with Crippen molar-refractivity contribution in [3.8, 4) is 0 Å². The van der Waals surface area contributed by atoms with Gasteiger partial charge in [0.2, 0.25) is 5.89 Å². The van der Waals surface area contributed by atoms with Crippen molar-refractivity contribution < 1.29 is 4.52 Å². The van der Waals surface area contributed by atoms with Crippen LogP contribution in [0, 0.1) is 13.8 Å². The zero-order valence-corrected chi connectivity index (χ0v) is 13.8. The second-order valence-corrected chi connectivity index (χ2v) is 4.25. The van der Waals surface area contributed by atoms with Crippen LogP contribution >= 0.6 is 24.0 Å². The van der Waals surface area contributed by atoms with Crippen molar-refractivity contribution in [1.82, 2.24) is 10.1 Å². The largest absolute Gasteiger partial charge is 0.370 e. The van der Waals surface area contributed by atoms with Crippen molar-refractivity contribution in [2.75, 3.05) is 11.9 Å². The highest BCUT2D eigenvalue weighted by molar-refractivity contribution is 14.0. The maximum absolute atomic E-state index is 5.80. The molecule has 7 heteroatoms. The van der Waals surface area contributed by atoms with Gasteiger partial charge in [0.15, 0.2) is 11.8 Å². The van der Waals surface area contributed by atoms with Gasteiger partial charge in [0.25, 0.3) is 0 Å². The van der Waals surface area contributed by atoms with Crippen LogP contribution in [0.2, 0.25) is 0 Å². The summed E-state index contributed by atoms with van der Waals surface area (Å²) in [6.45, 7) is 4.31. The number of halogens is 1. The molecule has 0 radical (unpaired) electrons. The Hall–Kier alpha value is -1.64. The molecule has 0 amide bonds. The average molecular weight is 387 g/mol. The number of aryl methyl sites for hydroxylation is 2. The van der Waals surface area contributed by atoms with Gasteiger partial charge in [0.1, 0.15) is 0 Å². The smallest absolute Gasteiger partial charge is 0.228 e. The van der Waals surface area contributed by atoms with Crippen LogP contribution in [-0.4, -0.2) is 22.6 Å². The third-order valence-corrected chi connectivity index (χ3v) is 2.47. The average Bonchev–Trinajstić information content (AvgIpc) is 2.75. The number of rotatable bonds is 4. The number of nitrogens with two attached hydrogens (primary N) is 1. The first-order valence-electron chi connectivity index (χ1n) is 6.06. The topological polar surface area (TPSA) is 89.3 Å². The molecule has 0 unspecified atom stereocenters. The summed E-state index contributed by atoms with van der Waals surface area (Å²) in [4.78, 5) is 8.30. The molecule has 3 N–H and O–H groups in total. The minimum atomic E-state index is 0. The van der Waals surface area contributed by atoms with E-state index in [1.54, 1.807) is 6.92 Å². The van der Waals surface area contributed by atoms with E-state index in [1.807, 2.05) is 31.2 Å². The second-order valence-electron chi connectivity index (χ2n) is 4.25. The first-order chi connectivity index (χ1) is 9.13. The lowest BCUT2D eigenvalue weighted by Crippen LogP contribution is -2.23. The van der Waals surface area contributed by atoms with E-state index in [0.29, 0.717) is 30.6 Å².